The molecule has 7 heteroatoms. The van der Waals surface area contributed by atoms with Crippen LogP contribution in [0.5, 0.6) is 0 Å². The average molecular weight is 395 g/mol. The van der Waals surface area contributed by atoms with E-state index in [1.807, 2.05) is 17.5 Å². The molecule has 144 valence electrons. The maximum Gasteiger partial charge on any atom is 0.250 e. The number of amides is 2. The summed E-state index contributed by atoms with van der Waals surface area (Å²) in [4.78, 5) is 27.3. The summed E-state index contributed by atoms with van der Waals surface area (Å²) in [6.45, 7) is 2.20. The van der Waals surface area contributed by atoms with Crippen molar-refractivity contribution in [1.29, 1.82) is 0 Å². The number of thiazole rings is 1. The van der Waals surface area contributed by atoms with E-state index in [1.54, 1.807) is 24.5 Å². The molecule has 2 N–H and O–H groups in total. The quantitative estimate of drug-likeness (QED) is 0.444. The van der Waals surface area contributed by atoms with Crippen LogP contribution in [0.2, 0.25) is 0 Å². The Labute approximate surface area is 167 Å². The van der Waals surface area contributed by atoms with Crippen LogP contribution in [0.3, 0.4) is 0 Å². The number of nitrogens with zero attached hydrogens (tertiary/aromatic N) is 1. The normalized spacial score (nSPS) is 10.9. The van der Waals surface area contributed by atoms with Crippen LogP contribution in [0.1, 0.15) is 24.7 Å². The second kappa shape index (κ2) is 9.66. The maximum atomic E-state index is 12.0. The number of hydrogen-bond acceptors (Lipinski definition) is 5. The minimum Gasteiger partial charge on any atom is -0.465 e. The zero-order valence-corrected chi connectivity index (χ0v) is 16.3. The van der Waals surface area contributed by atoms with Gasteiger partial charge in [-0.05, 0) is 36.6 Å². The number of benzene rings is 1. The van der Waals surface area contributed by atoms with Crippen LogP contribution in [0.15, 0.2) is 58.5 Å². The minimum atomic E-state index is -0.258. The number of aromatic nitrogens is 1. The molecular weight excluding hydrogens is 374 g/mol. The van der Waals surface area contributed by atoms with Gasteiger partial charge in [0.15, 0.2) is 5.13 Å². The predicted molar refractivity (Wildman–Crippen MR) is 111 cm³/mol. The van der Waals surface area contributed by atoms with Gasteiger partial charge in [0.25, 0.3) is 0 Å². The largest absolute Gasteiger partial charge is 0.465 e. The summed E-state index contributed by atoms with van der Waals surface area (Å²) >= 11 is 1.38. The lowest BCUT2D eigenvalue weighted by atomic mass is 10.1. The fraction of sp³-hybridized carbons (Fsp3) is 0.190. The minimum absolute atomic E-state index is 0.00164. The molecule has 0 saturated carbocycles. The predicted octanol–water partition coefficient (Wildman–Crippen LogP) is 4.12. The standard InChI is InChI=1S/C21H21N3O3S/c1-15(25)22-12-2-4-16-6-8-17(9-7-16)19-14-28-21(23-19)24-20(26)11-10-18-5-3-13-27-18/h3,5-11,13-14H,2,4,12H2,1H3,(H,22,25)(H,23,24,26)/b11-10+. The highest BCUT2D eigenvalue weighted by Gasteiger charge is 2.07. The molecule has 0 aliphatic heterocycles. The summed E-state index contributed by atoms with van der Waals surface area (Å²) in [5.41, 5.74) is 3.02. The number of nitrogens with one attached hydrogen (secondary N) is 2. The van der Waals surface area contributed by atoms with Crippen molar-refractivity contribution in [3.63, 3.8) is 0 Å². The molecule has 0 fully saturated rings. The van der Waals surface area contributed by atoms with Gasteiger partial charge in [-0.3, -0.25) is 14.9 Å². The zero-order chi connectivity index (χ0) is 19.8. The van der Waals surface area contributed by atoms with Crippen molar-refractivity contribution >= 4 is 34.4 Å². The molecule has 6 nitrogen and oxygen atoms in total. The van der Waals surface area contributed by atoms with Gasteiger partial charge in [0, 0.05) is 30.5 Å². The fourth-order valence-electron chi connectivity index (χ4n) is 2.55. The van der Waals surface area contributed by atoms with Crippen molar-refractivity contribution in [2.75, 3.05) is 11.9 Å². The first kappa shape index (κ1) is 19.6. The van der Waals surface area contributed by atoms with Crippen molar-refractivity contribution in [1.82, 2.24) is 10.3 Å². The molecular formula is C21H21N3O3S. The Morgan fingerprint density at radius 2 is 2.04 bits per heavy atom. The van der Waals surface area contributed by atoms with Gasteiger partial charge in [-0.1, -0.05) is 24.3 Å². The van der Waals surface area contributed by atoms with Crippen molar-refractivity contribution < 1.29 is 14.0 Å². The zero-order valence-electron chi connectivity index (χ0n) is 15.5. The highest BCUT2D eigenvalue weighted by Crippen LogP contribution is 2.25. The summed E-state index contributed by atoms with van der Waals surface area (Å²) in [5.74, 6) is 0.359. The molecule has 0 aliphatic rings. The molecule has 1 aromatic carbocycles. The second-order valence-corrected chi connectivity index (χ2v) is 7.02. The van der Waals surface area contributed by atoms with Gasteiger partial charge >= 0.3 is 0 Å². The van der Waals surface area contributed by atoms with E-state index < -0.39 is 0 Å². The first-order valence-corrected chi connectivity index (χ1v) is 9.80. The van der Waals surface area contributed by atoms with Crippen LogP contribution >= 0.6 is 11.3 Å². The number of hydrogen-bond donors (Lipinski definition) is 2. The molecule has 0 saturated heterocycles. The van der Waals surface area contributed by atoms with E-state index >= 15 is 0 Å². The summed E-state index contributed by atoms with van der Waals surface area (Å²) in [5, 5.41) is 8.01. The Hall–Kier alpha value is -3.19. The lowest BCUT2D eigenvalue weighted by molar-refractivity contribution is -0.119. The first-order valence-electron chi connectivity index (χ1n) is 8.92. The molecule has 0 radical (unpaired) electrons. The van der Waals surface area contributed by atoms with E-state index in [9.17, 15) is 9.59 Å². The van der Waals surface area contributed by atoms with Crippen LogP contribution in [0.25, 0.3) is 17.3 Å². The first-order chi connectivity index (χ1) is 13.6. The fourth-order valence-corrected chi connectivity index (χ4v) is 3.28. The van der Waals surface area contributed by atoms with Gasteiger partial charge in [-0.25, -0.2) is 4.98 Å². The highest BCUT2D eigenvalue weighted by atomic mass is 32.1. The average Bonchev–Trinajstić information content (AvgIpc) is 3.36. The maximum absolute atomic E-state index is 12.0. The second-order valence-electron chi connectivity index (χ2n) is 6.16. The van der Waals surface area contributed by atoms with Crippen molar-refractivity contribution in [3.05, 3.63) is 65.4 Å². The molecule has 0 aliphatic carbocycles. The van der Waals surface area contributed by atoms with Crippen LogP contribution in [0.4, 0.5) is 5.13 Å². The van der Waals surface area contributed by atoms with Gasteiger partial charge in [0.2, 0.25) is 11.8 Å². The molecule has 2 amide bonds. The lowest BCUT2D eigenvalue weighted by Crippen LogP contribution is -2.21. The molecule has 0 unspecified atom stereocenters. The van der Waals surface area contributed by atoms with E-state index in [-0.39, 0.29) is 11.8 Å². The molecule has 28 heavy (non-hydrogen) atoms. The number of aryl methyl sites for hydroxylation is 1. The van der Waals surface area contributed by atoms with Gasteiger partial charge in [0.1, 0.15) is 5.76 Å². The SMILES string of the molecule is CC(=O)NCCCc1ccc(-c2csc(NC(=O)/C=C/c3ccco3)n2)cc1. The number of carbonyl (C=O) groups excluding carboxylic acids is 2. The summed E-state index contributed by atoms with van der Waals surface area (Å²) < 4.78 is 5.15. The molecule has 3 aromatic rings. The van der Waals surface area contributed by atoms with Gasteiger partial charge in [-0.2, -0.15) is 0 Å². The number of anilines is 1. The van der Waals surface area contributed by atoms with Crippen molar-refractivity contribution in [2.45, 2.75) is 19.8 Å². The van der Waals surface area contributed by atoms with Crippen molar-refractivity contribution in [2.24, 2.45) is 0 Å². The Morgan fingerprint density at radius 1 is 1.21 bits per heavy atom. The number of furan rings is 1. The van der Waals surface area contributed by atoms with Crippen LogP contribution < -0.4 is 10.6 Å². The van der Waals surface area contributed by atoms with E-state index in [2.05, 4.69) is 27.8 Å². The van der Waals surface area contributed by atoms with E-state index in [4.69, 9.17) is 4.42 Å². The smallest absolute Gasteiger partial charge is 0.250 e. The highest BCUT2D eigenvalue weighted by molar-refractivity contribution is 7.14. The van der Waals surface area contributed by atoms with Crippen LogP contribution in [-0.4, -0.2) is 23.3 Å². The summed E-state index contributed by atoms with van der Waals surface area (Å²) in [7, 11) is 0. The third-order valence-corrected chi connectivity index (χ3v) is 4.70. The Balaban J connectivity index is 1.53. The van der Waals surface area contributed by atoms with Gasteiger partial charge < -0.3 is 9.73 Å². The number of rotatable bonds is 8. The van der Waals surface area contributed by atoms with Crippen LogP contribution in [-0.2, 0) is 16.0 Å². The third kappa shape index (κ3) is 5.92. The van der Waals surface area contributed by atoms with Gasteiger partial charge in [-0.15, -0.1) is 11.3 Å². The Bertz CT molecular complexity index is 944. The molecule has 0 bridgehead atoms. The molecule has 2 heterocycles. The van der Waals surface area contributed by atoms with Crippen LogP contribution in [0, 0.1) is 0 Å². The van der Waals surface area contributed by atoms with E-state index in [0.29, 0.717) is 17.4 Å². The Morgan fingerprint density at radius 3 is 2.75 bits per heavy atom. The summed E-state index contributed by atoms with van der Waals surface area (Å²) in [6, 6.07) is 11.7. The molecule has 2 aromatic heterocycles. The topological polar surface area (TPSA) is 84.2 Å². The van der Waals surface area contributed by atoms with E-state index in [1.165, 1.54) is 29.9 Å². The molecule has 3 rings (SSSR count). The molecule has 0 spiro atoms. The van der Waals surface area contributed by atoms with E-state index in [0.717, 1.165) is 24.1 Å². The molecule has 0 atom stereocenters. The third-order valence-electron chi connectivity index (χ3n) is 3.94. The summed E-state index contributed by atoms with van der Waals surface area (Å²) in [6.07, 6.45) is 6.38. The Kier molecular flexibility index (Phi) is 6.75. The monoisotopic (exact) mass is 395 g/mol. The van der Waals surface area contributed by atoms with Crippen molar-refractivity contribution in [3.8, 4) is 11.3 Å². The lowest BCUT2D eigenvalue weighted by Gasteiger charge is -2.04. The van der Waals surface area contributed by atoms with Gasteiger partial charge in [0.05, 0.1) is 12.0 Å². The number of carbonyl (C=O) groups is 2.